The molecule has 4 rings (SSSR count). The monoisotopic (exact) mass is 506 g/mol. The van der Waals surface area contributed by atoms with Gasteiger partial charge in [0, 0.05) is 17.0 Å². The molecule has 2 aromatic carbocycles. The molecule has 3 aromatic rings. The Morgan fingerprint density at radius 1 is 1.08 bits per heavy atom. The molecule has 1 N–H and O–H groups in total. The molecule has 7 nitrogen and oxygen atoms in total. The zero-order valence-electron chi connectivity index (χ0n) is 21.4. The number of esters is 1. The molecule has 0 aliphatic carbocycles. The molecule has 8 heteroatoms. The number of carbonyl (C=O) groups is 1. The zero-order chi connectivity index (χ0) is 25.5. The predicted molar refractivity (Wildman–Crippen MR) is 143 cm³/mol. The highest BCUT2D eigenvalue weighted by Crippen LogP contribution is 2.40. The molecule has 0 radical (unpaired) electrons. The normalized spacial score (nSPS) is 14.8. The molecule has 36 heavy (non-hydrogen) atoms. The Bertz CT molecular complexity index is 1240. The highest BCUT2D eigenvalue weighted by atomic mass is 32.2. The van der Waals surface area contributed by atoms with Gasteiger partial charge in [0.15, 0.2) is 0 Å². The van der Waals surface area contributed by atoms with E-state index in [2.05, 4.69) is 38.2 Å². The molecule has 1 atom stereocenters. The van der Waals surface area contributed by atoms with Gasteiger partial charge in [-0.15, -0.1) is 5.10 Å². The first-order chi connectivity index (χ1) is 17.5. The van der Waals surface area contributed by atoms with Gasteiger partial charge in [0.2, 0.25) is 11.1 Å². The number of hydrogen-bond donors (Lipinski definition) is 1. The number of benzene rings is 2. The molecule has 0 amide bonds. The van der Waals surface area contributed by atoms with E-state index in [0.717, 1.165) is 36.1 Å². The molecule has 2 heterocycles. The van der Waals surface area contributed by atoms with Gasteiger partial charge in [-0.05, 0) is 43.9 Å². The molecule has 1 unspecified atom stereocenters. The first kappa shape index (κ1) is 25.8. The first-order valence-corrected chi connectivity index (χ1v) is 13.5. The fraction of sp³-hybridized carbons (Fsp3) is 0.393. The Kier molecular flexibility index (Phi) is 8.70. The molecule has 0 saturated carbocycles. The second kappa shape index (κ2) is 12.1. The van der Waals surface area contributed by atoms with E-state index in [4.69, 9.17) is 19.6 Å². The second-order valence-electron chi connectivity index (χ2n) is 8.82. The molecular weight excluding hydrogens is 472 g/mol. The van der Waals surface area contributed by atoms with Crippen LogP contribution in [0.2, 0.25) is 0 Å². The third-order valence-electron chi connectivity index (χ3n) is 6.08. The van der Waals surface area contributed by atoms with Gasteiger partial charge in [-0.1, -0.05) is 74.5 Å². The van der Waals surface area contributed by atoms with E-state index in [1.165, 1.54) is 5.56 Å². The van der Waals surface area contributed by atoms with Crippen molar-refractivity contribution in [1.29, 1.82) is 0 Å². The number of thioether (sulfide) groups is 1. The molecule has 0 saturated heterocycles. The number of nitrogens with zero attached hydrogens (tertiary/aromatic N) is 3. The van der Waals surface area contributed by atoms with Crippen LogP contribution in [-0.2, 0) is 16.1 Å². The smallest absolute Gasteiger partial charge is 0.338 e. The zero-order valence-corrected chi connectivity index (χ0v) is 22.2. The van der Waals surface area contributed by atoms with Crippen molar-refractivity contribution < 1.29 is 14.3 Å². The summed E-state index contributed by atoms with van der Waals surface area (Å²) >= 11 is 1.60. The molecular formula is C28H34N4O3S. The lowest BCUT2D eigenvalue weighted by atomic mass is 9.95. The van der Waals surface area contributed by atoms with Crippen LogP contribution >= 0.6 is 11.8 Å². The van der Waals surface area contributed by atoms with Crippen LogP contribution < -0.4 is 10.1 Å². The number of rotatable bonds is 11. The summed E-state index contributed by atoms with van der Waals surface area (Å²) in [6.45, 7) is 8.97. The third kappa shape index (κ3) is 5.75. The van der Waals surface area contributed by atoms with Crippen molar-refractivity contribution in [3.05, 3.63) is 76.5 Å². The van der Waals surface area contributed by atoms with E-state index >= 15 is 0 Å². The van der Waals surface area contributed by atoms with Crippen LogP contribution in [-0.4, -0.2) is 33.1 Å². The Morgan fingerprint density at radius 3 is 2.64 bits per heavy atom. The number of aromatic nitrogens is 3. The Morgan fingerprint density at radius 2 is 1.86 bits per heavy atom. The number of hydrogen-bond acceptors (Lipinski definition) is 7. The second-order valence-corrected chi connectivity index (χ2v) is 9.88. The van der Waals surface area contributed by atoms with E-state index in [1.807, 2.05) is 43.3 Å². The highest BCUT2D eigenvalue weighted by molar-refractivity contribution is 7.99. The summed E-state index contributed by atoms with van der Waals surface area (Å²) in [4.78, 5) is 18.1. The quantitative estimate of drug-likeness (QED) is 0.186. The van der Waals surface area contributed by atoms with E-state index in [0.29, 0.717) is 41.3 Å². The maximum Gasteiger partial charge on any atom is 0.338 e. The van der Waals surface area contributed by atoms with Gasteiger partial charge in [0.1, 0.15) is 18.4 Å². The number of anilines is 1. The van der Waals surface area contributed by atoms with E-state index in [1.54, 1.807) is 16.4 Å². The summed E-state index contributed by atoms with van der Waals surface area (Å²) < 4.78 is 13.8. The standard InChI is InChI=1S/C28H34N4O3S/c1-5-7-16-34-26(33)24-20(4)29-27-30-28(36-17-6-2)31-32(27)25(24)22-14-10-11-15-23(22)35-18-21-13-9-8-12-19(21)3/h8-15,25H,5-7,16-18H2,1-4H3,(H,29,30,31). The van der Waals surface area contributed by atoms with Crippen LogP contribution in [0, 0.1) is 6.92 Å². The SMILES string of the molecule is CCCCOC(=O)C1=C(C)Nc2nc(SCCC)nn2C1c1ccccc1OCc1ccccc1C. The molecule has 0 spiro atoms. The Balaban J connectivity index is 1.73. The average molecular weight is 507 g/mol. The van der Waals surface area contributed by atoms with Gasteiger partial charge in [0.05, 0.1) is 12.2 Å². The Labute approximate surface area is 217 Å². The number of allylic oxidation sites excluding steroid dienone is 1. The summed E-state index contributed by atoms with van der Waals surface area (Å²) in [6, 6.07) is 15.5. The number of ether oxygens (including phenoxy) is 2. The number of unbranched alkanes of at least 4 members (excludes halogenated alkanes) is 1. The summed E-state index contributed by atoms with van der Waals surface area (Å²) in [5.41, 5.74) is 4.35. The van der Waals surface area contributed by atoms with Gasteiger partial charge >= 0.3 is 5.97 Å². The molecule has 1 aromatic heterocycles. The summed E-state index contributed by atoms with van der Waals surface area (Å²) in [7, 11) is 0. The maximum atomic E-state index is 13.4. The van der Waals surface area contributed by atoms with Crippen molar-refractivity contribution in [2.75, 3.05) is 17.7 Å². The van der Waals surface area contributed by atoms with Gasteiger partial charge in [-0.3, -0.25) is 0 Å². The minimum absolute atomic E-state index is 0.351. The van der Waals surface area contributed by atoms with E-state index in [-0.39, 0.29) is 5.97 Å². The molecule has 0 bridgehead atoms. The number of para-hydroxylation sites is 1. The van der Waals surface area contributed by atoms with Crippen LogP contribution in [0.25, 0.3) is 0 Å². The molecule has 1 aliphatic rings. The fourth-order valence-corrected chi connectivity index (χ4v) is 4.77. The van der Waals surface area contributed by atoms with Gasteiger partial charge in [-0.2, -0.15) is 4.98 Å². The fourth-order valence-electron chi connectivity index (χ4n) is 4.09. The van der Waals surface area contributed by atoms with Crippen molar-refractivity contribution >= 4 is 23.7 Å². The lowest BCUT2D eigenvalue weighted by molar-refractivity contribution is -0.139. The lowest BCUT2D eigenvalue weighted by Gasteiger charge is -2.29. The van der Waals surface area contributed by atoms with Crippen LogP contribution in [0.4, 0.5) is 5.95 Å². The van der Waals surface area contributed by atoms with Gasteiger partial charge in [-0.25, -0.2) is 9.48 Å². The van der Waals surface area contributed by atoms with Crippen LogP contribution in [0.5, 0.6) is 5.75 Å². The van der Waals surface area contributed by atoms with E-state index in [9.17, 15) is 4.79 Å². The summed E-state index contributed by atoms with van der Waals surface area (Å²) in [6.07, 6.45) is 2.79. The largest absolute Gasteiger partial charge is 0.489 e. The predicted octanol–water partition coefficient (Wildman–Crippen LogP) is 6.30. The van der Waals surface area contributed by atoms with Crippen molar-refractivity contribution in [2.45, 2.75) is 64.8 Å². The van der Waals surface area contributed by atoms with E-state index < -0.39 is 6.04 Å². The van der Waals surface area contributed by atoms with Crippen LogP contribution in [0.15, 0.2) is 65.0 Å². The number of carbonyl (C=O) groups excluding carboxylic acids is 1. The van der Waals surface area contributed by atoms with Crippen molar-refractivity contribution in [1.82, 2.24) is 14.8 Å². The first-order valence-electron chi connectivity index (χ1n) is 12.5. The molecule has 0 fully saturated rings. The topological polar surface area (TPSA) is 78.3 Å². The van der Waals surface area contributed by atoms with Crippen molar-refractivity contribution in [2.24, 2.45) is 0 Å². The highest BCUT2D eigenvalue weighted by Gasteiger charge is 2.36. The minimum atomic E-state index is -0.521. The average Bonchev–Trinajstić information content (AvgIpc) is 3.28. The minimum Gasteiger partial charge on any atom is -0.489 e. The molecule has 1 aliphatic heterocycles. The molecule has 190 valence electrons. The van der Waals surface area contributed by atoms with Crippen LogP contribution in [0.1, 0.15) is 62.8 Å². The van der Waals surface area contributed by atoms with Crippen molar-refractivity contribution in [3.8, 4) is 5.75 Å². The van der Waals surface area contributed by atoms with Gasteiger partial charge in [0.25, 0.3) is 0 Å². The van der Waals surface area contributed by atoms with Crippen molar-refractivity contribution in [3.63, 3.8) is 0 Å². The Hall–Kier alpha value is -3.26. The number of fused-ring (bicyclic) bond motifs is 1. The lowest BCUT2D eigenvalue weighted by Crippen LogP contribution is -2.30. The summed E-state index contributed by atoms with van der Waals surface area (Å²) in [5.74, 6) is 1.87. The van der Waals surface area contributed by atoms with Gasteiger partial charge < -0.3 is 14.8 Å². The third-order valence-corrected chi connectivity index (χ3v) is 7.12. The van der Waals surface area contributed by atoms with Crippen LogP contribution in [0.3, 0.4) is 0 Å². The maximum absolute atomic E-state index is 13.4. The number of nitrogens with one attached hydrogen (secondary N) is 1. The summed E-state index contributed by atoms with van der Waals surface area (Å²) in [5, 5.41) is 8.75. The number of aryl methyl sites for hydroxylation is 1.